The van der Waals surface area contributed by atoms with Crippen LogP contribution in [0.3, 0.4) is 0 Å². The Bertz CT molecular complexity index is 373. The van der Waals surface area contributed by atoms with Crippen molar-refractivity contribution in [1.29, 1.82) is 0 Å². The normalized spacial score (nSPS) is 20.2. The Labute approximate surface area is 115 Å². The number of hydrogen-bond donors (Lipinski definition) is 1. The van der Waals surface area contributed by atoms with Gasteiger partial charge in [0, 0.05) is 6.61 Å². The van der Waals surface area contributed by atoms with Gasteiger partial charge in [0.25, 0.3) is 0 Å². The van der Waals surface area contributed by atoms with Crippen LogP contribution in [0.1, 0.15) is 50.6 Å². The van der Waals surface area contributed by atoms with Crippen molar-refractivity contribution in [2.45, 2.75) is 51.2 Å². The highest BCUT2D eigenvalue weighted by Gasteiger charge is 2.29. The van der Waals surface area contributed by atoms with E-state index in [2.05, 4.69) is 0 Å². The van der Waals surface area contributed by atoms with E-state index in [1.54, 1.807) is 12.1 Å². The topological polar surface area (TPSA) is 35.2 Å². The minimum absolute atomic E-state index is 0.0516. The summed E-state index contributed by atoms with van der Waals surface area (Å²) in [7, 11) is 0. The molecule has 0 saturated heterocycles. The van der Waals surface area contributed by atoms with Gasteiger partial charge >= 0.3 is 0 Å². The van der Waals surface area contributed by atoms with E-state index in [0.717, 1.165) is 5.56 Å². The molecule has 1 aliphatic carbocycles. The maximum absolute atomic E-state index is 13.0. The van der Waals surface area contributed by atoms with Crippen LogP contribution in [0.25, 0.3) is 0 Å². The van der Waals surface area contributed by atoms with Gasteiger partial charge in [0.15, 0.2) is 0 Å². The van der Waals surface area contributed by atoms with E-state index in [0.29, 0.717) is 12.5 Å². The third-order valence-electron chi connectivity index (χ3n) is 4.08. The lowest BCUT2D eigenvalue weighted by atomic mass is 9.81. The zero-order valence-corrected chi connectivity index (χ0v) is 11.6. The Morgan fingerprint density at radius 3 is 2.42 bits per heavy atom. The van der Waals surface area contributed by atoms with Crippen LogP contribution < -0.4 is 5.73 Å². The molecule has 2 unspecified atom stereocenters. The van der Waals surface area contributed by atoms with Crippen molar-refractivity contribution >= 4 is 0 Å². The van der Waals surface area contributed by atoms with Gasteiger partial charge in [0.2, 0.25) is 0 Å². The lowest BCUT2D eigenvalue weighted by molar-refractivity contribution is -0.00986. The molecule has 1 aromatic rings. The van der Waals surface area contributed by atoms with Crippen molar-refractivity contribution in [3.05, 3.63) is 35.6 Å². The Balaban J connectivity index is 2.10. The van der Waals surface area contributed by atoms with E-state index in [1.807, 2.05) is 6.92 Å². The highest BCUT2D eigenvalue weighted by atomic mass is 19.1. The summed E-state index contributed by atoms with van der Waals surface area (Å²) in [5, 5.41) is 0. The zero-order valence-electron chi connectivity index (χ0n) is 11.6. The van der Waals surface area contributed by atoms with Gasteiger partial charge in [-0.15, -0.1) is 0 Å². The van der Waals surface area contributed by atoms with Gasteiger partial charge in [-0.3, -0.25) is 0 Å². The molecule has 1 aromatic carbocycles. The monoisotopic (exact) mass is 265 g/mol. The van der Waals surface area contributed by atoms with Crippen LogP contribution in [0.2, 0.25) is 0 Å². The largest absolute Gasteiger partial charge is 0.376 e. The van der Waals surface area contributed by atoms with Crippen LogP contribution in [0.4, 0.5) is 4.39 Å². The first-order valence-corrected chi connectivity index (χ1v) is 7.35. The lowest BCUT2D eigenvalue weighted by Crippen LogP contribution is -2.36. The molecule has 2 atom stereocenters. The molecule has 1 aliphatic rings. The Hall–Kier alpha value is -0.930. The highest BCUT2D eigenvalue weighted by molar-refractivity contribution is 5.21. The molecule has 0 heterocycles. The summed E-state index contributed by atoms with van der Waals surface area (Å²) in [6.07, 6.45) is 6.30. The van der Waals surface area contributed by atoms with E-state index in [4.69, 9.17) is 10.5 Å². The SMILES string of the molecule is CCOC(C1CCCCC1)C(N)c1ccc(F)cc1. The molecule has 2 rings (SSSR count). The Kier molecular flexibility index (Phi) is 5.34. The number of rotatable bonds is 5. The molecule has 0 aliphatic heterocycles. The maximum atomic E-state index is 13.0. The lowest BCUT2D eigenvalue weighted by Gasteiger charge is -2.34. The molecule has 0 spiro atoms. The van der Waals surface area contributed by atoms with Gasteiger partial charge in [-0.1, -0.05) is 31.4 Å². The van der Waals surface area contributed by atoms with E-state index in [-0.39, 0.29) is 18.0 Å². The second-order valence-electron chi connectivity index (χ2n) is 5.40. The molecular formula is C16H24FNO. The van der Waals surface area contributed by atoms with Crippen LogP contribution in [0.5, 0.6) is 0 Å². The van der Waals surface area contributed by atoms with Crippen molar-refractivity contribution in [3.63, 3.8) is 0 Å². The first-order valence-electron chi connectivity index (χ1n) is 7.35. The van der Waals surface area contributed by atoms with Crippen LogP contribution in [0, 0.1) is 11.7 Å². The summed E-state index contributed by atoms with van der Waals surface area (Å²) in [4.78, 5) is 0. The van der Waals surface area contributed by atoms with Crippen molar-refractivity contribution in [2.24, 2.45) is 11.7 Å². The van der Waals surface area contributed by atoms with E-state index >= 15 is 0 Å². The zero-order chi connectivity index (χ0) is 13.7. The quantitative estimate of drug-likeness (QED) is 0.878. The summed E-state index contributed by atoms with van der Waals surface area (Å²) in [6, 6.07) is 6.32. The first kappa shape index (κ1) is 14.5. The van der Waals surface area contributed by atoms with Crippen LogP contribution in [-0.2, 0) is 4.74 Å². The van der Waals surface area contributed by atoms with Gasteiger partial charge in [-0.2, -0.15) is 0 Å². The molecule has 1 saturated carbocycles. The van der Waals surface area contributed by atoms with Gasteiger partial charge < -0.3 is 10.5 Å². The number of nitrogens with two attached hydrogens (primary N) is 1. The van der Waals surface area contributed by atoms with Crippen molar-refractivity contribution in [1.82, 2.24) is 0 Å². The molecule has 3 heteroatoms. The summed E-state index contributed by atoms with van der Waals surface area (Å²) in [5.41, 5.74) is 7.32. The van der Waals surface area contributed by atoms with Crippen LogP contribution in [0.15, 0.2) is 24.3 Å². The predicted molar refractivity (Wildman–Crippen MR) is 75.3 cm³/mol. The Morgan fingerprint density at radius 2 is 1.84 bits per heavy atom. The van der Waals surface area contributed by atoms with E-state index in [9.17, 15) is 4.39 Å². The summed E-state index contributed by atoms with van der Waals surface area (Å²) in [6.45, 7) is 2.68. The van der Waals surface area contributed by atoms with E-state index < -0.39 is 0 Å². The molecule has 0 aromatic heterocycles. The predicted octanol–water partition coefficient (Wildman–Crippen LogP) is 3.81. The fourth-order valence-corrected chi connectivity index (χ4v) is 3.06. The molecule has 19 heavy (non-hydrogen) atoms. The first-order chi connectivity index (χ1) is 9.22. The Morgan fingerprint density at radius 1 is 1.21 bits per heavy atom. The van der Waals surface area contributed by atoms with Crippen molar-refractivity contribution in [2.75, 3.05) is 6.61 Å². The summed E-state index contributed by atoms with van der Waals surface area (Å²) >= 11 is 0. The van der Waals surface area contributed by atoms with Crippen LogP contribution >= 0.6 is 0 Å². The minimum atomic E-state index is -0.221. The molecule has 0 bridgehead atoms. The molecule has 2 N–H and O–H groups in total. The molecule has 0 radical (unpaired) electrons. The highest BCUT2D eigenvalue weighted by Crippen LogP contribution is 2.33. The second-order valence-corrected chi connectivity index (χ2v) is 5.40. The van der Waals surface area contributed by atoms with Crippen molar-refractivity contribution in [3.8, 4) is 0 Å². The fraction of sp³-hybridized carbons (Fsp3) is 0.625. The summed E-state index contributed by atoms with van der Waals surface area (Å²) in [5.74, 6) is 0.315. The summed E-state index contributed by atoms with van der Waals surface area (Å²) < 4.78 is 18.9. The third-order valence-corrected chi connectivity index (χ3v) is 4.08. The van der Waals surface area contributed by atoms with Gasteiger partial charge in [-0.25, -0.2) is 4.39 Å². The standard InChI is InChI=1S/C16H24FNO/c1-2-19-16(13-6-4-3-5-7-13)15(18)12-8-10-14(17)11-9-12/h8-11,13,15-16H,2-7,18H2,1H3. The number of halogens is 1. The average molecular weight is 265 g/mol. The number of ether oxygens (including phenoxy) is 1. The third kappa shape index (κ3) is 3.77. The number of hydrogen-bond acceptors (Lipinski definition) is 2. The molecule has 1 fully saturated rings. The number of benzene rings is 1. The molecule has 2 nitrogen and oxygen atoms in total. The molecular weight excluding hydrogens is 241 g/mol. The van der Waals surface area contributed by atoms with Crippen LogP contribution in [-0.4, -0.2) is 12.7 Å². The van der Waals surface area contributed by atoms with Crippen molar-refractivity contribution < 1.29 is 9.13 Å². The van der Waals surface area contributed by atoms with E-state index in [1.165, 1.54) is 44.2 Å². The maximum Gasteiger partial charge on any atom is 0.123 e. The average Bonchev–Trinajstić information content (AvgIpc) is 2.46. The van der Waals surface area contributed by atoms with Gasteiger partial charge in [-0.05, 0) is 43.4 Å². The second kappa shape index (κ2) is 7.01. The minimum Gasteiger partial charge on any atom is -0.376 e. The van der Waals surface area contributed by atoms with Gasteiger partial charge in [0.1, 0.15) is 5.82 Å². The smallest absolute Gasteiger partial charge is 0.123 e. The van der Waals surface area contributed by atoms with Gasteiger partial charge in [0.05, 0.1) is 12.1 Å². The fourth-order valence-electron chi connectivity index (χ4n) is 3.06. The molecule has 106 valence electrons. The molecule has 0 amide bonds.